The van der Waals surface area contributed by atoms with Crippen molar-refractivity contribution in [3.63, 3.8) is 0 Å². The summed E-state index contributed by atoms with van der Waals surface area (Å²) in [4.78, 5) is 12.4. The molecule has 0 saturated carbocycles. The van der Waals surface area contributed by atoms with Crippen LogP contribution in [-0.4, -0.2) is 5.91 Å². The van der Waals surface area contributed by atoms with E-state index in [0.29, 0.717) is 0 Å². The van der Waals surface area contributed by atoms with Gasteiger partial charge in [-0.1, -0.05) is 57.2 Å². The van der Waals surface area contributed by atoms with Crippen LogP contribution in [0.15, 0.2) is 54.6 Å². The van der Waals surface area contributed by atoms with Crippen molar-refractivity contribution in [3.8, 4) is 0 Å². The Morgan fingerprint density at radius 2 is 1.47 bits per heavy atom. The summed E-state index contributed by atoms with van der Waals surface area (Å²) >= 11 is 0. The van der Waals surface area contributed by atoms with E-state index in [2.05, 4.69) is 26.1 Å². The maximum atomic E-state index is 12.4. The highest BCUT2D eigenvalue weighted by Crippen LogP contribution is 2.26. The topological polar surface area (TPSA) is 29.1 Å². The van der Waals surface area contributed by atoms with E-state index in [4.69, 9.17) is 0 Å². The molecule has 0 aromatic heterocycles. The summed E-state index contributed by atoms with van der Waals surface area (Å²) in [5, 5.41) is 2.93. The number of rotatable bonds is 2. The van der Waals surface area contributed by atoms with Gasteiger partial charge in [-0.3, -0.25) is 4.79 Å². The molecule has 0 aliphatic carbocycles. The van der Waals surface area contributed by atoms with Crippen molar-refractivity contribution in [1.82, 2.24) is 0 Å². The average Bonchev–Trinajstić information content (AvgIpc) is 2.39. The second kappa shape index (κ2) is 5.27. The lowest BCUT2D eigenvalue weighted by Gasteiger charge is -2.22. The summed E-state index contributed by atoms with van der Waals surface area (Å²) < 4.78 is 0. The quantitative estimate of drug-likeness (QED) is 0.852. The van der Waals surface area contributed by atoms with Gasteiger partial charge in [0.15, 0.2) is 0 Å². The van der Waals surface area contributed by atoms with Crippen LogP contribution < -0.4 is 5.32 Å². The number of anilines is 1. The van der Waals surface area contributed by atoms with Crippen molar-refractivity contribution in [1.29, 1.82) is 0 Å². The lowest BCUT2D eigenvalue weighted by molar-refractivity contribution is 0.102. The standard InChI is InChI=1S/C17H19NO/c1-17(2,3)15-12-8-7-11-14(15)16(19)18-13-9-5-4-6-10-13/h4-12H,1-3H3,(H,18,19). The minimum Gasteiger partial charge on any atom is -0.322 e. The van der Waals surface area contributed by atoms with Crippen LogP contribution in [0.2, 0.25) is 0 Å². The van der Waals surface area contributed by atoms with E-state index >= 15 is 0 Å². The van der Waals surface area contributed by atoms with E-state index in [9.17, 15) is 4.79 Å². The van der Waals surface area contributed by atoms with E-state index in [1.165, 1.54) is 0 Å². The number of nitrogens with one attached hydrogen (secondary N) is 1. The van der Waals surface area contributed by atoms with Crippen LogP contribution >= 0.6 is 0 Å². The van der Waals surface area contributed by atoms with Crippen LogP contribution in [-0.2, 0) is 5.41 Å². The molecule has 1 N–H and O–H groups in total. The minimum absolute atomic E-state index is 0.0510. The minimum atomic E-state index is -0.0586. The zero-order valence-corrected chi connectivity index (χ0v) is 11.6. The third-order valence-electron chi connectivity index (χ3n) is 3.01. The number of carbonyl (C=O) groups excluding carboxylic acids is 1. The molecule has 0 fully saturated rings. The molecule has 0 heterocycles. The second-order valence-electron chi connectivity index (χ2n) is 5.62. The van der Waals surface area contributed by atoms with Gasteiger partial charge in [-0.2, -0.15) is 0 Å². The lowest BCUT2D eigenvalue weighted by Crippen LogP contribution is -2.20. The molecule has 0 spiro atoms. The molecule has 0 aliphatic rings. The van der Waals surface area contributed by atoms with Gasteiger partial charge < -0.3 is 5.32 Å². The summed E-state index contributed by atoms with van der Waals surface area (Å²) in [6.07, 6.45) is 0. The molecule has 19 heavy (non-hydrogen) atoms. The van der Waals surface area contributed by atoms with Gasteiger partial charge in [0, 0.05) is 11.3 Å². The fourth-order valence-electron chi connectivity index (χ4n) is 2.06. The summed E-state index contributed by atoms with van der Waals surface area (Å²) in [5.41, 5.74) is 2.56. The van der Waals surface area contributed by atoms with Crippen molar-refractivity contribution >= 4 is 11.6 Å². The van der Waals surface area contributed by atoms with Crippen molar-refractivity contribution in [2.75, 3.05) is 5.32 Å². The lowest BCUT2D eigenvalue weighted by atomic mass is 9.83. The van der Waals surface area contributed by atoms with Gasteiger partial charge in [-0.05, 0) is 29.2 Å². The fourth-order valence-corrected chi connectivity index (χ4v) is 2.06. The zero-order valence-electron chi connectivity index (χ0n) is 11.6. The van der Waals surface area contributed by atoms with Gasteiger partial charge in [-0.25, -0.2) is 0 Å². The maximum Gasteiger partial charge on any atom is 0.255 e. The monoisotopic (exact) mass is 253 g/mol. The van der Waals surface area contributed by atoms with E-state index in [-0.39, 0.29) is 11.3 Å². The summed E-state index contributed by atoms with van der Waals surface area (Å²) in [7, 11) is 0. The molecule has 2 nitrogen and oxygen atoms in total. The number of hydrogen-bond donors (Lipinski definition) is 1. The third-order valence-corrected chi connectivity index (χ3v) is 3.01. The Hall–Kier alpha value is -2.09. The largest absolute Gasteiger partial charge is 0.322 e. The molecule has 2 rings (SSSR count). The van der Waals surface area contributed by atoms with Crippen molar-refractivity contribution in [2.45, 2.75) is 26.2 Å². The van der Waals surface area contributed by atoms with E-state index < -0.39 is 0 Å². The third kappa shape index (κ3) is 3.22. The van der Waals surface area contributed by atoms with Crippen LogP contribution in [0.5, 0.6) is 0 Å². The Kier molecular flexibility index (Phi) is 3.70. The van der Waals surface area contributed by atoms with Crippen molar-refractivity contribution in [3.05, 3.63) is 65.7 Å². The summed E-state index contributed by atoms with van der Waals surface area (Å²) in [5.74, 6) is -0.0586. The molecule has 0 bridgehead atoms. The van der Waals surface area contributed by atoms with Crippen LogP contribution in [0.25, 0.3) is 0 Å². The van der Waals surface area contributed by atoms with Gasteiger partial charge in [0.25, 0.3) is 5.91 Å². The van der Waals surface area contributed by atoms with Crippen LogP contribution in [0.3, 0.4) is 0 Å². The molecular formula is C17H19NO. The first kappa shape index (κ1) is 13.3. The van der Waals surface area contributed by atoms with Gasteiger partial charge in [0.05, 0.1) is 0 Å². The van der Waals surface area contributed by atoms with Gasteiger partial charge in [0.2, 0.25) is 0 Å². The van der Waals surface area contributed by atoms with Crippen LogP contribution in [0.4, 0.5) is 5.69 Å². The molecular weight excluding hydrogens is 234 g/mol. The SMILES string of the molecule is CC(C)(C)c1ccccc1C(=O)Nc1ccccc1. The molecule has 98 valence electrons. The van der Waals surface area contributed by atoms with Crippen LogP contribution in [0.1, 0.15) is 36.7 Å². The Morgan fingerprint density at radius 3 is 2.11 bits per heavy atom. The number of para-hydroxylation sites is 1. The molecule has 0 atom stereocenters. The van der Waals surface area contributed by atoms with Crippen LogP contribution in [0, 0.1) is 0 Å². The first-order chi connectivity index (χ1) is 8.98. The van der Waals surface area contributed by atoms with E-state index in [1.54, 1.807) is 0 Å². The highest BCUT2D eigenvalue weighted by Gasteiger charge is 2.20. The Labute approximate surface area is 114 Å². The smallest absolute Gasteiger partial charge is 0.255 e. The van der Waals surface area contributed by atoms with Gasteiger partial charge in [-0.15, -0.1) is 0 Å². The molecule has 0 radical (unpaired) electrons. The van der Waals surface area contributed by atoms with Crippen molar-refractivity contribution < 1.29 is 4.79 Å². The molecule has 0 saturated heterocycles. The second-order valence-corrected chi connectivity index (χ2v) is 5.62. The molecule has 0 unspecified atom stereocenters. The number of benzene rings is 2. The number of amides is 1. The number of carbonyl (C=O) groups is 1. The predicted molar refractivity (Wildman–Crippen MR) is 79.5 cm³/mol. The number of hydrogen-bond acceptors (Lipinski definition) is 1. The van der Waals surface area contributed by atoms with E-state index in [0.717, 1.165) is 16.8 Å². The zero-order chi connectivity index (χ0) is 13.9. The van der Waals surface area contributed by atoms with Crippen molar-refractivity contribution in [2.24, 2.45) is 0 Å². The summed E-state index contributed by atoms with van der Waals surface area (Å²) in [6, 6.07) is 17.3. The Bertz CT molecular complexity index is 567. The first-order valence-corrected chi connectivity index (χ1v) is 6.44. The molecule has 0 aliphatic heterocycles. The predicted octanol–water partition coefficient (Wildman–Crippen LogP) is 4.24. The fraction of sp³-hybridized carbons (Fsp3) is 0.235. The Morgan fingerprint density at radius 1 is 0.895 bits per heavy atom. The molecule has 2 heteroatoms. The van der Waals surface area contributed by atoms with E-state index in [1.807, 2.05) is 54.6 Å². The average molecular weight is 253 g/mol. The first-order valence-electron chi connectivity index (χ1n) is 6.44. The Balaban J connectivity index is 2.30. The summed E-state index contributed by atoms with van der Waals surface area (Å²) in [6.45, 7) is 6.34. The molecule has 2 aromatic rings. The molecule has 2 aromatic carbocycles. The van der Waals surface area contributed by atoms with Gasteiger partial charge >= 0.3 is 0 Å². The highest BCUT2D eigenvalue weighted by atomic mass is 16.1. The normalized spacial score (nSPS) is 11.1. The van der Waals surface area contributed by atoms with Gasteiger partial charge in [0.1, 0.15) is 0 Å². The molecule has 1 amide bonds. The maximum absolute atomic E-state index is 12.4. The highest BCUT2D eigenvalue weighted by molar-refractivity contribution is 6.05.